The lowest BCUT2D eigenvalue weighted by molar-refractivity contribution is 0.165. The van der Waals surface area contributed by atoms with Gasteiger partial charge in [-0.1, -0.05) is 39.0 Å². The van der Waals surface area contributed by atoms with Crippen LogP contribution >= 0.6 is 0 Å². The molecule has 1 saturated heterocycles. The fourth-order valence-electron chi connectivity index (χ4n) is 3.42. The van der Waals surface area contributed by atoms with Gasteiger partial charge < -0.3 is 20.3 Å². The van der Waals surface area contributed by atoms with Gasteiger partial charge in [-0.2, -0.15) is 0 Å². The van der Waals surface area contributed by atoms with Crippen LogP contribution in [-0.2, 0) is 0 Å². The van der Waals surface area contributed by atoms with Gasteiger partial charge in [0.25, 0.3) is 0 Å². The first-order valence-corrected chi connectivity index (χ1v) is 10.4. The van der Waals surface area contributed by atoms with Gasteiger partial charge in [0.05, 0.1) is 6.04 Å². The Labute approximate surface area is 177 Å². The number of urea groups is 1. The lowest BCUT2D eigenvalue weighted by Gasteiger charge is -2.35. The van der Waals surface area contributed by atoms with Crippen LogP contribution in [0.3, 0.4) is 0 Å². The molecule has 7 heteroatoms. The number of pyridine rings is 1. The molecule has 1 aromatic heterocycles. The van der Waals surface area contributed by atoms with Crippen LogP contribution in [0.1, 0.15) is 33.6 Å². The zero-order chi connectivity index (χ0) is 21.6. The molecule has 30 heavy (non-hydrogen) atoms. The van der Waals surface area contributed by atoms with E-state index in [-0.39, 0.29) is 35.9 Å². The van der Waals surface area contributed by atoms with Gasteiger partial charge in [0, 0.05) is 25.3 Å². The Morgan fingerprint density at radius 3 is 2.53 bits per heavy atom. The average molecular weight is 415 g/mol. The number of hydrogen-bond acceptors (Lipinski definition) is 4. The molecular weight excluding hydrogens is 383 g/mol. The molecule has 6 nitrogen and oxygen atoms in total. The molecular formula is C23H31FN4O2. The van der Waals surface area contributed by atoms with Crippen molar-refractivity contribution in [3.05, 3.63) is 54.5 Å². The molecule has 1 aliphatic rings. The van der Waals surface area contributed by atoms with Crippen molar-refractivity contribution in [1.82, 2.24) is 15.6 Å². The van der Waals surface area contributed by atoms with Gasteiger partial charge in [-0.25, -0.2) is 14.2 Å². The van der Waals surface area contributed by atoms with Gasteiger partial charge in [0.1, 0.15) is 12.4 Å². The summed E-state index contributed by atoms with van der Waals surface area (Å²) in [6, 6.07) is 11.8. The first kappa shape index (κ1) is 21.9. The molecule has 1 atom stereocenters. The summed E-state index contributed by atoms with van der Waals surface area (Å²) in [5, 5.41) is 6.09. The van der Waals surface area contributed by atoms with Crippen LogP contribution < -0.4 is 20.3 Å². The van der Waals surface area contributed by atoms with Crippen molar-refractivity contribution in [3.8, 4) is 5.75 Å². The molecule has 2 N–H and O–H groups in total. The van der Waals surface area contributed by atoms with E-state index < -0.39 is 5.82 Å². The molecule has 2 aromatic rings. The number of anilines is 1. The molecule has 1 unspecified atom stereocenters. The van der Waals surface area contributed by atoms with Gasteiger partial charge in [-0.05, 0) is 42.5 Å². The predicted octanol–water partition coefficient (Wildman–Crippen LogP) is 3.98. The van der Waals surface area contributed by atoms with E-state index in [2.05, 4.69) is 20.5 Å². The van der Waals surface area contributed by atoms with Crippen molar-refractivity contribution in [3.63, 3.8) is 0 Å². The fraction of sp³-hybridized carbons (Fsp3) is 0.478. The van der Waals surface area contributed by atoms with Crippen molar-refractivity contribution < 1.29 is 13.9 Å². The highest BCUT2D eigenvalue weighted by Gasteiger charge is 2.29. The second kappa shape index (κ2) is 9.78. The number of nitrogens with one attached hydrogen (secondary N) is 2. The van der Waals surface area contributed by atoms with Crippen LogP contribution in [-0.4, -0.2) is 42.8 Å². The molecule has 0 saturated carbocycles. The Morgan fingerprint density at radius 2 is 1.90 bits per heavy atom. The predicted molar refractivity (Wildman–Crippen MR) is 116 cm³/mol. The summed E-state index contributed by atoms with van der Waals surface area (Å²) in [6.07, 6.45) is 3.51. The third-order valence-electron chi connectivity index (χ3n) is 5.40. The number of nitrogens with zero attached hydrogens (tertiary/aromatic N) is 2. The number of rotatable bonds is 6. The zero-order valence-electron chi connectivity index (χ0n) is 17.9. The Balaban J connectivity index is 1.49. The molecule has 2 heterocycles. The summed E-state index contributed by atoms with van der Waals surface area (Å²) in [4.78, 5) is 19.2. The van der Waals surface area contributed by atoms with Crippen molar-refractivity contribution in [2.45, 2.75) is 45.7 Å². The van der Waals surface area contributed by atoms with E-state index in [4.69, 9.17) is 4.74 Å². The van der Waals surface area contributed by atoms with Gasteiger partial charge in [-0.15, -0.1) is 0 Å². The monoisotopic (exact) mass is 414 g/mol. The number of carbonyl (C=O) groups excluding carboxylic acids is 1. The van der Waals surface area contributed by atoms with Gasteiger partial charge in [-0.3, -0.25) is 0 Å². The van der Waals surface area contributed by atoms with Gasteiger partial charge in [0.2, 0.25) is 0 Å². The number of aromatic nitrogens is 1. The lowest BCUT2D eigenvalue weighted by atomic mass is 9.87. The van der Waals surface area contributed by atoms with Gasteiger partial charge in [0.15, 0.2) is 11.6 Å². The number of para-hydroxylation sites is 1. The van der Waals surface area contributed by atoms with Crippen LogP contribution in [0.25, 0.3) is 0 Å². The lowest BCUT2D eigenvalue weighted by Crippen LogP contribution is -2.54. The molecule has 0 aliphatic carbocycles. The number of piperidine rings is 1. The number of benzene rings is 1. The number of carbonyl (C=O) groups is 1. The van der Waals surface area contributed by atoms with Crippen LogP contribution in [0.4, 0.5) is 15.0 Å². The highest BCUT2D eigenvalue weighted by atomic mass is 19.1. The minimum atomic E-state index is -0.408. The van der Waals surface area contributed by atoms with Crippen LogP contribution in [0.5, 0.6) is 5.75 Å². The smallest absolute Gasteiger partial charge is 0.315 e. The summed E-state index contributed by atoms with van der Waals surface area (Å²) in [5.41, 5.74) is -0.245. The zero-order valence-corrected chi connectivity index (χ0v) is 17.9. The summed E-state index contributed by atoms with van der Waals surface area (Å²) >= 11 is 0. The quantitative estimate of drug-likeness (QED) is 0.750. The number of halogens is 1. The first-order chi connectivity index (χ1) is 14.3. The van der Waals surface area contributed by atoms with Gasteiger partial charge >= 0.3 is 6.03 Å². The fourth-order valence-corrected chi connectivity index (χ4v) is 3.42. The third-order valence-corrected chi connectivity index (χ3v) is 5.40. The average Bonchev–Trinajstić information content (AvgIpc) is 2.72. The Morgan fingerprint density at radius 1 is 1.20 bits per heavy atom. The Kier molecular flexibility index (Phi) is 7.13. The van der Waals surface area contributed by atoms with E-state index in [1.54, 1.807) is 24.4 Å². The molecule has 1 aliphatic heterocycles. The van der Waals surface area contributed by atoms with E-state index in [1.807, 2.05) is 39.0 Å². The minimum Gasteiger partial charge on any atom is -0.488 e. The maximum absolute atomic E-state index is 13.8. The summed E-state index contributed by atoms with van der Waals surface area (Å²) in [7, 11) is 0. The van der Waals surface area contributed by atoms with E-state index in [0.29, 0.717) is 0 Å². The maximum Gasteiger partial charge on any atom is 0.315 e. The summed E-state index contributed by atoms with van der Waals surface area (Å²) in [6.45, 7) is 7.95. The molecule has 0 bridgehead atoms. The van der Waals surface area contributed by atoms with Crippen LogP contribution in [0.15, 0.2) is 48.7 Å². The molecule has 1 fully saturated rings. The standard InChI is InChI=1S/C23H31FN4O2/c1-23(2,3)20(16-30-19-9-5-4-8-18(19)24)27-22(29)26-17-11-14-28(15-12-17)21-10-6-7-13-25-21/h4-10,13,17,20H,11-12,14-16H2,1-3H3,(H2,26,27,29). The second-order valence-electron chi connectivity index (χ2n) is 8.73. The van der Waals surface area contributed by atoms with Crippen molar-refractivity contribution in [1.29, 1.82) is 0 Å². The Hall–Kier alpha value is -2.83. The SMILES string of the molecule is CC(C)(C)C(COc1ccccc1F)NC(=O)NC1CCN(c2ccccn2)CC1. The van der Waals surface area contributed by atoms with Crippen molar-refractivity contribution in [2.75, 3.05) is 24.6 Å². The number of amides is 2. The van der Waals surface area contributed by atoms with E-state index in [1.165, 1.54) is 6.07 Å². The van der Waals surface area contributed by atoms with Crippen molar-refractivity contribution in [2.24, 2.45) is 5.41 Å². The van der Waals surface area contributed by atoms with E-state index in [0.717, 1.165) is 31.7 Å². The Bertz CT molecular complexity index is 817. The van der Waals surface area contributed by atoms with Crippen LogP contribution in [0.2, 0.25) is 0 Å². The largest absolute Gasteiger partial charge is 0.488 e. The highest BCUT2D eigenvalue weighted by molar-refractivity contribution is 5.74. The minimum absolute atomic E-state index is 0.109. The first-order valence-electron chi connectivity index (χ1n) is 10.4. The molecule has 2 amide bonds. The summed E-state index contributed by atoms with van der Waals surface area (Å²) in [5.74, 6) is 0.753. The van der Waals surface area contributed by atoms with E-state index >= 15 is 0 Å². The molecule has 0 spiro atoms. The summed E-state index contributed by atoms with van der Waals surface area (Å²) < 4.78 is 19.5. The molecule has 162 valence electrons. The van der Waals surface area contributed by atoms with Crippen LogP contribution in [0, 0.1) is 11.2 Å². The van der Waals surface area contributed by atoms with E-state index in [9.17, 15) is 9.18 Å². The van der Waals surface area contributed by atoms with Crippen molar-refractivity contribution >= 4 is 11.8 Å². The highest BCUT2D eigenvalue weighted by Crippen LogP contribution is 2.22. The third kappa shape index (κ3) is 6.08. The molecule has 0 radical (unpaired) electrons. The topological polar surface area (TPSA) is 66.5 Å². The molecule has 1 aromatic carbocycles. The number of hydrogen-bond donors (Lipinski definition) is 2. The normalized spacial score (nSPS) is 16.1. The second-order valence-corrected chi connectivity index (χ2v) is 8.73. The maximum atomic E-state index is 13.8. The number of ether oxygens (including phenoxy) is 1. The molecule has 3 rings (SSSR count).